The SMILES string of the molecule is COC(=O)[C@H]1[C@H]2C[C@@H]3[C@@H]1C(=O)N[C@H]3C2. The Labute approximate surface area is 82.0 Å². The second kappa shape index (κ2) is 2.49. The van der Waals surface area contributed by atoms with E-state index in [2.05, 4.69) is 5.32 Å². The number of fused-ring (bicyclic) bond motifs is 1. The minimum Gasteiger partial charge on any atom is -0.469 e. The fourth-order valence-corrected chi connectivity index (χ4v) is 3.64. The lowest BCUT2D eigenvalue weighted by Gasteiger charge is -2.23. The average Bonchev–Trinajstić information content (AvgIpc) is 2.75. The highest BCUT2D eigenvalue weighted by atomic mass is 16.5. The minimum absolute atomic E-state index is 0.0652. The molecule has 0 aromatic heterocycles. The predicted octanol–water partition coefficient (Wildman–Crippen LogP) is -0.0700. The van der Waals surface area contributed by atoms with Crippen molar-refractivity contribution in [2.45, 2.75) is 18.9 Å². The summed E-state index contributed by atoms with van der Waals surface area (Å²) in [6.07, 6.45) is 1.99. The van der Waals surface area contributed by atoms with E-state index in [9.17, 15) is 9.59 Å². The van der Waals surface area contributed by atoms with Crippen LogP contribution in [0.25, 0.3) is 0 Å². The van der Waals surface area contributed by atoms with Crippen molar-refractivity contribution in [2.75, 3.05) is 7.11 Å². The van der Waals surface area contributed by atoms with Gasteiger partial charge in [-0.3, -0.25) is 9.59 Å². The first kappa shape index (κ1) is 8.26. The first-order valence-electron chi connectivity index (χ1n) is 5.10. The zero-order chi connectivity index (χ0) is 9.87. The van der Waals surface area contributed by atoms with Gasteiger partial charge < -0.3 is 10.1 Å². The monoisotopic (exact) mass is 195 g/mol. The number of rotatable bonds is 1. The summed E-state index contributed by atoms with van der Waals surface area (Å²) in [6, 6.07) is 0.346. The molecule has 1 aliphatic heterocycles. The molecular weight excluding hydrogens is 182 g/mol. The van der Waals surface area contributed by atoms with Crippen LogP contribution in [0.2, 0.25) is 0 Å². The molecule has 0 aromatic rings. The molecule has 4 heteroatoms. The topological polar surface area (TPSA) is 55.4 Å². The number of methoxy groups -OCH3 is 1. The van der Waals surface area contributed by atoms with Gasteiger partial charge in [-0.15, -0.1) is 0 Å². The number of carbonyl (C=O) groups excluding carboxylic acids is 2. The van der Waals surface area contributed by atoms with E-state index in [-0.39, 0.29) is 23.7 Å². The highest BCUT2D eigenvalue weighted by Crippen LogP contribution is 2.55. The number of nitrogens with one attached hydrogen (secondary N) is 1. The van der Waals surface area contributed by atoms with E-state index >= 15 is 0 Å². The maximum Gasteiger partial charge on any atom is 0.309 e. The predicted molar refractivity (Wildman–Crippen MR) is 47.1 cm³/mol. The van der Waals surface area contributed by atoms with Crippen LogP contribution in [-0.4, -0.2) is 25.0 Å². The van der Waals surface area contributed by atoms with Crippen molar-refractivity contribution in [2.24, 2.45) is 23.7 Å². The molecule has 3 aliphatic rings. The number of hydrogen-bond acceptors (Lipinski definition) is 3. The van der Waals surface area contributed by atoms with Gasteiger partial charge in [-0.1, -0.05) is 0 Å². The molecule has 5 atom stereocenters. The van der Waals surface area contributed by atoms with Gasteiger partial charge in [0.1, 0.15) is 0 Å². The maximum atomic E-state index is 11.6. The first-order valence-corrected chi connectivity index (χ1v) is 5.10. The number of ether oxygens (including phenoxy) is 1. The molecule has 0 aromatic carbocycles. The molecule has 76 valence electrons. The zero-order valence-electron chi connectivity index (χ0n) is 8.03. The minimum atomic E-state index is -0.196. The Balaban J connectivity index is 1.95. The van der Waals surface area contributed by atoms with Gasteiger partial charge in [-0.25, -0.2) is 0 Å². The van der Waals surface area contributed by atoms with Gasteiger partial charge in [-0.05, 0) is 24.7 Å². The van der Waals surface area contributed by atoms with Crippen molar-refractivity contribution in [3.8, 4) is 0 Å². The van der Waals surface area contributed by atoms with E-state index in [1.165, 1.54) is 7.11 Å². The van der Waals surface area contributed by atoms with Gasteiger partial charge in [0.05, 0.1) is 18.9 Å². The third-order valence-electron chi connectivity index (χ3n) is 4.11. The summed E-state index contributed by atoms with van der Waals surface area (Å²) < 4.78 is 4.77. The lowest BCUT2D eigenvalue weighted by Crippen LogP contribution is -2.32. The van der Waals surface area contributed by atoms with Gasteiger partial charge in [0.15, 0.2) is 0 Å². The van der Waals surface area contributed by atoms with Crippen molar-refractivity contribution in [1.82, 2.24) is 5.32 Å². The molecule has 3 rings (SSSR count). The molecule has 1 N–H and O–H groups in total. The van der Waals surface area contributed by atoms with Crippen LogP contribution in [0, 0.1) is 23.7 Å². The summed E-state index contributed by atoms with van der Waals surface area (Å²) in [5.41, 5.74) is 0. The Hall–Kier alpha value is -1.06. The highest BCUT2D eigenvalue weighted by Gasteiger charge is 2.62. The molecule has 1 saturated heterocycles. The maximum absolute atomic E-state index is 11.6. The molecule has 14 heavy (non-hydrogen) atoms. The molecule has 1 amide bonds. The van der Waals surface area contributed by atoms with Crippen LogP contribution < -0.4 is 5.32 Å². The van der Waals surface area contributed by atoms with Crippen molar-refractivity contribution in [3.05, 3.63) is 0 Å². The van der Waals surface area contributed by atoms with E-state index in [1.54, 1.807) is 0 Å². The van der Waals surface area contributed by atoms with Crippen LogP contribution in [0.1, 0.15) is 12.8 Å². The second-order valence-electron chi connectivity index (χ2n) is 4.59. The van der Waals surface area contributed by atoms with Gasteiger partial charge in [-0.2, -0.15) is 0 Å². The second-order valence-corrected chi connectivity index (χ2v) is 4.59. The van der Waals surface area contributed by atoms with Crippen LogP contribution in [-0.2, 0) is 14.3 Å². The first-order chi connectivity index (χ1) is 6.72. The Bertz CT molecular complexity index is 312. The van der Waals surface area contributed by atoms with E-state index in [4.69, 9.17) is 4.74 Å². The van der Waals surface area contributed by atoms with E-state index in [0.29, 0.717) is 17.9 Å². The molecule has 3 fully saturated rings. The summed E-state index contributed by atoms with van der Waals surface area (Å²) in [4.78, 5) is 23.1. The molecule has 1 heterocycles. The molecule has 2 bridgehead atoms. The third kappa shape index (κ3) is 0.792. The fourth-order valence-electron chi connectivity index (χ4n) is 3.64. The van der Waals surface area contributed by atoms with Crippen LogP contribution in [0.15, 0.2) is 0 Å². The van der Waals surface area contributed by atoms with E-state index < -0.39 is 0 Å². The Kier molecular flexibility index (Phi) is 1.47. The number of hydrogen-bond donors (Lipinski definition) is 1. The third-order valence-corrected chi connectivity index (χ3v) is 4.11. The van der Waals surface area contributed by atoms with Crippen LogP contribution >= 0.6 is 0 Å². The fraction of sp³-hybridized carbons (Fsp3) is 0.800. The van der Waals surface area contributed by atoms with Gasteiger partial charge in [0.2, 0.25) is 5.91 Å². The average molecular weight is 195 g/mol. The quantitative estimate of drug-likeness (QED) is 0.596. The normalized spacial score (nSPS) is 48.1. The van der Waals surface area contributed by atoms with Crippen molar-refractivity contribution >= 4 is 11.9 Å². The lowest BCUT2D eigenvalue weighted by molar-refractivity contribution is -0.150. The number of amides is 1. The van der Waals surface area contributed by atoms with Crippen LogP contribution in [0.3, 0.4) is 0 Å². The summed E-state index contributed by atoms with van der Waals surface area (Å²) >= 11 is 0. The number of esters is 1. The highest BCUT2D eigenvalue weighted by molar-refractivity contribution is 5.89. The van der Waals surface area contributed by atoms with Crippen LogP contribution in [0.4, 0.5) is 0 Å². The molecular formula is C10H13NO3. The zero-order valence-corrected chi connectivity index (χ0v) is 8.03. The Morgan fingerprint density at radius 1 is 1.50 bits per heavy atom. The number of carbonyl (C=O) groups is 2. The molecule has 0 radical (unpaired) electrons. The lowest BCUT2D eigenvalue weighted by atomic mass is 9.80. The molecule has 2 aliphatic carbocycles. The van der Waals surface area contributed by atoms with Gasteiger partial charge >= 0.3 is 5.97 Å². The molecule has 2 saturated carbocycles. The molecule has 0 unspecified atom stereocenters. The summed E-state index contributed by atoms with van der Waals surface area (Å²) in [5.74, 6) is 0.390. The summed E-state index contributed by atoms with van der Waals surface area (Å²) in [7, 11) is 1.40. The van der Waals surface area contributed by atoms with E-state index in [0.717, 1.165) is 12.8 Å². The van der Waals surface area contributed by atoms with Crippen molar-refractivity contribution < 1.29 is 14.3 Å². The smallest absolute Gasteiger partial charge is 0.309 e. The standard InChI is InChI=1S/C10H13NO3/c1-14-10(13)7-4-2-5-6(3-4)11-9(12)8(5)7/h4-8H,2-3H2,1H3,(H,11,12)/t4-,5-,6-,7-,8-/m0/s1. The van der Waals surface area contributed by atoms with Crippen LogP contribution in [0.5, 0.6) is 0 Å². The van der Waals surface area contributed by atoms with E-state index in [1.807, 2.05) is 0 Å². The van der Waals surface area contributed by atoms with Gasteiger partial charge in [0, 0.05) is 6.04 Å². The summed E-state index contributed by atoms with van der Waals surface area (Å²) in [6.45, 7) is 0. The Morgan fingerprint density at radius 2 is 2.29 bits per heavy atom. The van der Waals surface area contributed by atoms with Crippen molar-refractivity contribution in [3.63, 3.8) is 0 Å². The summed E-state index contributed by atoms with van der Waals surface area (Å²) in [5, 5.41) is 2.97. The van der Waals surface area contributed by atoms with Crippen molar-refractivity contribution in [1.29, 1.82) is 0 Å². The molecule has 4 nitrogen and oxygen atoms in total. The van der Waals surface area contributed by atoms with Gasteiger partial charge in [0.25, 0.3) is 0 Å². The largest absolute Gasteiger partial charge is 0.469 e. The Morgan fingerprint density at radius 3 is 3.00 bits per heavy atom. The molecule has 0 spiro atoms.